The van der Waals surface area contributed by atoms with Gasteiger partial charge >= 0.3 is 12.0 Å². The molecule has 2 aromatic heterocycles. The zero-order chi connectivity index (χ0) is 13.7. The normalized spacial score (nSPS) is 10.1. The van der Waals surface area contributed by atoms with E-state index < -0.39 is 5.97 Å². The average Bonchev–Trinajstić information content (AvgIpc) is 3.05. The second-order valence-corrected chi connectivity index (χ2v) is 5.52. The summed E-state index contributed by atoms with van der Waals surface area (Å²) < 4.78 is 0. The highest BCUT2D eigenvalue weighted by atomic mass is 32.1. The quantitative estimate of drug-likeness (QED) is 0.786. The van der Waals surface area contributed by atoms with E-state index in [1.54, 1.807) is 11.3 Å². The Morgan fingerprint density at radius 3 is 2.68 bits per heavy atom. The van der Waals surface area contributed by atoms with Gasteiger partial charge in [0.05, 0.1) is 13.1 Å². The maximum absolute atomic E-state index is 11.5. The molecule has 2 heterocycles. The van der Waals surface area contributed by atoms with Gasteiger partial charge < -0.3 is 15.7 Å². The summed E-state index contributed by atoms with van der Waals surface area (Å²) in [6.45, 7) is 0.690. The summed E-state index contributed by atoms with van der Waals surface area (Å²) in [4.78, 5) is 27.1. The molecule has 2 rings (SSSR count). The van der Waals surface area contributed by atoms with E-state index in [1.807, 2.05) is 17.5 Å². The molecule has 0 atom stereocenters. The maximum atomic E-state index is 11.5. The van der Waals surface area contributed by atoms with E-state index in [-0.39, 0.29) is 18.3 Å². The molecule has 0 spiro atoms. The second-order valence-electron chi connectivity index (χ2n) is 3.55. The van der Waals surface area contributed by atoms with Crippen molar-refractivity contribution in [2.24, 2.45) is 0 Å². The predicted molar refractivity (Wildman–Crippen MR) is 72.5 cm³/mol. The summed E-state index contributed by atoms with van der Waals surface area (Å²) in [5.74, 6) is -1.07. The maximum Gasteiger partial charge on any atom is 0.355 e. The number of nitrogens with one attached hydrogen (secondary N) is 2. The van der Waals surface area contributed by atoms with Crippen molar-refractivity contribution < 1.29 is 14.7 Å². The molecule has 0 saturated carbocycles. The number of carboxylic acid groups (broad SMARTS) is 1. The predicted octanol–water partition coefficient (Wildman–Crippen LogP) is 1.90. The smallest absolute Gasteiger partial charge is 0.355 e. The number of nitrogens with zero attached hydrogens (tertiary/aromatic N) is 1. The highest BCUT2D eigenvalue weighted by Gasteiger charge is 2.09. The molecule has 0 aliphatic rings. The number of thiophene rings is 1. The Hall–Kier alpha value is -1.93. The molecule has 0 aliphatic heterocycles. The molecular weight excluding hydrogens is 286 g/mol. The van der Waals surface area contributed by atoms with Crippen LogP contribution in [0, 0.1) is 0 Å². The van der Waals surface area contributed by atoms with Crippen LogP contribution in [0.25, 0.3) is 0 Å². The number of hydrogen-bond donors (Lipinski definition) is 3. The van der Waals surface area contributed by atoms with Crippen LogP contribution in [-0.2, 0) is 13.1 Å². The number of thiazole rings is 1. The number of rotatable bonds is 5. The first-order valence-corrected chi connectivity index (χ1v) is 7.13. The minimum Gasteiger partial charge on any atom is -0.476 e. The summed E-state index contributed by atoms with van der Waals surface area (Å²) in [7, 11) is 0. The zero-order valence-electron chi connectivity index (χ0n) is 9.75. The molecule has 0 aromatic carbocycles. The molecule has 0 saturated heterocycles. The summed E-state index contributed by atoms with van der Waals surface area (Å²) in [6.07, 6.45) is 0. The van der Waals surface area contributed by atoms with E-state index in [2.05, 4.69) is 15.6 Å². The molecule has 3 N–H and O–H groups in total. The fourth-order valence-corrected chi connectivity index (χ4v) is 2.64. The largest absolute Gasteiger partial charge is 0.476 e. The number of urea groups is 1. The van der Waals surface area contributed by atoms with Gasteiger partial charge in [0.1, 0.15) is 5.01 Å². The van der Waals surface area contributed by atoms with E-state index in [1.165, 1.54) is 16.7 Å². The molecule has 0 radical (unpaired) electrons. The number of carbonyl (C=O) groups is 2. The fraction of sp³-hybridized carbons (Fsp3) is 0.182. The molecule has 0 fully saturated rings. The average molecular weight is 297 g/mol. The Morgan fingerprint density at radius 1 is 1.26 bits per heavy atom. The Kier molecular flexibility index (Phi) is 4.48. The zero-order valence-corrected chi connectivity index (χ0v) is 11.4. The lowest BCUT2D eigenvalue weighted by atomic mass is 10.5. The Morgan fingerprint density at radius 2 is 2.05 bits per heavy atom. The SMILES string of the molecule is O=C(NCc1cccs1)NCc1nc(C(=O)O)cs1. The van der Waals surface area contributed by atoms with Crippen LogP contribution in [0.1, 0.15) is 20.4 Å². The van der Waals surface area contributed by atoms with Crippen molar-refractivity contribution in [3.63, 3.8) is 0 Å². The fourth-order valence-electron chi connectivity index (χ4n) is 1.29. The second kappa shape index (κ2) is 6.30. The van der Waals surface area contributed by atoms with E-state index in [4.69, 9.17) is 5.11 Å². The molecule has 0 unspecified atom stereocenters. The van der Waals surface area contributed by atoms with Crippen LogP contribution < -0.4 is 10.6 Å². The molecule has 0 aliphatic carbocycles. The van der Waals surface area contributed by atoms with Crippen LogP contribution >= 0.6 is 22.7 Å². The third kappa shape index (κ3) is 4.04. The molecule has 0 bridgehead atoms. The summed E-state index contributed by atoms with van der Waals surface area (Å²) in [6, 6.07) is 3.55. The minimum atomic E-state index is -1.07. The molecule has 6 nitrogen and oxygen atoms in total. The van der Waals surface area contributed by atoms with Crippen molar-refractivity contribution >= 4 is 34.7 Å². The van der Waals surface area contributed by atoms with Crippen LogP contribution in [0.5, 0.6) is 0 Å². The lowest BCUT2D eigenvalue weighted by Crippen LogP contribution is -2.34. The topological polar surface area (TPSA) is 91.3 Å². The van der Waals surface area contributed by atoms with E-state index in [0.29, 0.717) is 11.6 Å². The van der Waals surface area contributed by atoms with Gasteiger partial charge in [-0.25, -0.2) is 14.6 Å². The van der Waals surface area contributed by atoms with Gasteiger partial charge in [-0.15, -0.1) is 22.7 Å². The number of carbonyl (C=O) groups excluding carboxylic acids is 1. The third-order valence-electron chi connectivity index (χ3n) is 2.17. The highest BCUT2D eigenvalue weighted by molar-refractivity contribution is 7.10. The first-order valence-electron chi connectivity index (χ1n) is 5.37. The first-order chi connectivity index (χ1) is 9.15. The number of aromatic nitrogens is 1. The lowest BCUT2D eigenvalue weighted by molar-refractivity contribution is 0.0691. The van der Waals surface area contributed by atoms with Gasteiger partial charge in [0, 0.05) is 10.3 Å². The molecule has 19 heavy (non-hydrogen) atoms. The molecule has 100 valence electrons. The Labute approximate surface area is 117 Å². The molecule has 2 amide bonds. The minimum absolute atomic E-state index is 0.000735. The standard InChI is InChI=1S/C11H11N3O3S2/c15-10(16)8-6-19-9(14-8)5-13-11(17)12-4-7-2-1-3-18-7/h1-3,6H,4-5H2,(H,15,16)(H2,12,13,17). The monoisotopic (exact) mass is 297 g/mol. The van der Waals surface area contributed by atoms with Crippen LogP contribution in [0.4, 0.5) is 4.79 Å². The van der Waals surface area contributed by atoms with Gasteiger partial charge in [-0.1, -0.05) is 6.07 Å². The van der Waals surface area contributed by atoms with Gasteiger partial charge in [-0.3, -0.25) is 0 Å². The molecular formula is C11H11N3O3S2. The van der Waals surface area contributed by atoms with Crippen molar-refractivity contribution in [3.05, 3.63) is 38.5 Å². The van der Waals surface area contributed by atoms with Gasteiger partial charge in [-0.2, -0.15) is 0 Å². The third-order valence-corrected chi connectivity index (χ3v) is 3.90. The van der Waals surface area contributed by atoms with Gasteiger partial charge in [0.25, 0.3) is 0 Å². The van der Waals surface area contributed by atoms with Crippen LogP contribution in [0.2, 0.25) is 0 Å². The molecule has 8 heteroatoms. The van der Waals surface area contributed by atoms with Crippen molar-refractivity contribution in [1.29, 1.82) is 0 Å². The van der Waals surface area contributed by atoms with Crippen LogP contribution in [0.3, 0.4) is 0 Å². The van der Waals surface area contributed by atoms with Crippen molar-refractivity contribution in [3.8, 4) is 0 Å². The number of amides is 2. The van der Waals surface area contributed by atoms with Gasteiger partial charge in [0.2, 0.25) is 0 Å². The summed E-state index contributed by atoms with van der Waals surface area (Å²) in [5, 5.41) is 18.0. The van der Waals surface area contributed by atoms with Crippen LogP contribution in [-0.4, -0.2) is 22.1 Å². The summed E-state index contributed by atoms with van der Waals surface area (Å²) >= 11 is 2.77. The summed E-state index contributed by atoms with van der Waals surface area (Å²) in [5.41, 5.74) is 0.000735. The lowest BCUT2D eigenvalue weighted by Gasteiger charge is -2.04. The van der Waals surface area contributed by atoms with Crippen molar-refractivity contribution in [2.75, 3.05) is 0 Å². The first kappa shape index (κ1) is 13.5. The van der Waals surface area contributed by atoms with E-state index in [9.17, 15) is 9.59 Å². The van der Waals surface area contributed by atoms with Gasteiger partial charge in [-0.05, 0) is 11.4 Å². The molecule has 2 aromatic rings. The number of carboxylic acids is 1. The van der Waals surface area contributed by atoms with E-state index >= 15 is 0 Å². The van der Waals surface area contributed by atoms with Crippen molar-refractivity contribution in [2.45, 2.75) is 13.1 Å². The van der Waals surface area contributed by atoms with E-state index in [0.717, 1.165) is 4.88 Å². The number of aromatic carboxylic acids is 1. The Bertz CT molecular complexity index is 566. The number of hydrogen-bond acceptors (Lipinski definition) is 5. The Balaban J connectivity index is 1.75. The van der Waals surface area contributed by atoms with Crippen LogP contribution in [0.15, 0.2) is 22.9 Å². The highest BCUT2D eigenvalue weighted by Crippen LogP contribution is 2.09. The van der Waals surface area contributed by atoms with Gasteiger partial charge in [0.15, 0.2) is 5.69 Å². The van der Waals surface area contributed by atoms with Crippen molar-refractivity contribution in [1.82, 2.24) is 15.6 Å².